The summed E-state index contributed by atoms with van der Waals surface area (Å²) in [7, 11) is 0. The molecule has 2 saturated heterocycles. The molecule has 0 aromatic carbocycles. The molecule has 2 fully saturated rings. The average molecular weight is 232 g/mol. The van der Waals surface area contributed by atoms with Crippen LogP contribution in [0.1, 0.15) is 6.92 Å². The molecule has 2 unspecified atom stereocenters. The molecule has 80 valence electrons. The maximum Gasteiger partial charge on any atom is 0.240 e. The average Bonchev–Trinajstić information content (AvgIpc) is 2.69. The van der Waals surface area contributed by atoms with Crippen molar-refractivity contribution in [3.8, 4) is 0 Å². The number of nitrogens with zero attached hydrogens (tertiary/aromatic N) is 1. The van der Waals surface area contributed by atoms with Crippen LogP contribution in [0.2, 0.25) is 0 Å². The Kier molecular flexibility index (Phi) is 3.62. The van der Waals surface area contributed by atoms with Crippen LogP contribution < -0.4 is 5.32 Å². The van der Waals surface area contributed by atoms with Crippen LogP contribution in [0.5, 0.6) is 0 Å². The Hall–Kier alpha value is 0.130. The van der Waals surface area contributed by atoms with Gasteiger partial charge in [-0.2, -0.15) is 11.8 Å². The summed E-state index contributed by atoms with van der Waals surface area (Å²) in [5.74, 6) is 3.26. The second-order valence-corrected chi connectivity index (χ2v) is 6.31. The summed E-state index contributed by atoms with van der Waals surface area (Å²) in [6.45, 7) is 4.05. The van der Waals surface area contributed by atoms with Gasteiger partial charge >= 0.3 is 0 Å². The van der Waals surface area contributed by atoms with E-state index < -0.39 is 0 Å². The minimum Gasteiger partial charge on any atom is -0.339 e. The van der Waals surface area contributed by atoms with Gasteiger partial charge in [0.05, 0.1) is 6.04 Å². The first kappa shape index (κ1) is 10.6. The normalized spacial score (nSPS) is 33.4. The number of hydrogen-bond acceptors (Lipinski definition) is 4. The maximum atomic E-state index is 12.0. The molecule has 0 bridgehead atoms. The highest BCUT2D eigenvalue weighted by Crippen LogP contribution is 2.20. The zero-order chi connectivity index (χ0) is 9.97. The fraction of sp³-hybridized carbons (Fsp3) is 0.889. The highest BCUT2D eigenvalue weighted by atomic mass is 32.2. The topological polar surface area (TPSA) is 32.3 Å². The highest BCUT2D eigenvalue weighted by Gasteiger charge is 2.29. The van der Waals surface area contributed by atoms with Gasteiger partial charge in [-0.3, -0.25) is 10.1 Å². The van der Waals surface area contributed by atoms with E-state index in [0.29, 0.717) is 11.2 Å². The van der Waals surface area contributed by atoms with Gasteiger partial charge in [-0.1, -0.05) is 6.92 Å². The zero-order valence-electron chi connectivity index (χ0n) is 8.36. The number of amides is 1. The van der Waals surface area contributed by atoms with E-state index in [2.05, 4.69) is 12.2 Å². The summed E-state index contributed by atoms with van der Waals surface area (Å²) in [4.78, 5) is 14.0. The minimum atomic E-state index is 0.0790. The third-order valence-electron chi connectivity index (χ3n) is 2.57. The van der Waals surface area contributed by atoms with Crippen LogP contribution in [0.3, 0.4) is 0 Å². The first-order valence-electron chi connectivity index (χ1n) is 4.99. The van der Waals surface area contributed by atoms with Crippen LogP contribution in [-0.2, 0) is 4.79 Å². The quantitative estimate of drug-likeness (QED) is 0.718. The fourth-order valence-electron chi connectivity index (χ4n) is 1.79. The molecule has 2 aliphatic rings. The van der Waals surface area contributed by atoms with Gasteiger partial charge in [-0.05, 0) is 0 Å². The van der Waals surface area contributed by atoms with Crippen LogP contribution in [0, 0.1) is 0 Å². The molecule has 0 aromatic rings. The van der Waals surface area contributed by atoms with Crippen molar-refractivity contribution in [1.29, 1.82) is 0 Å². The van der Waals surface area contributed by atoms with Gasteiger partial charge in [0.15, 0.2) is 0 Å². The number of thioether (sulfide) groups is 2. The van der Waals surface area contributed by atoms with Crippen LogP contribution in [0.15, 0.2) is 0 Å². The predicted molar refractivity (Wildman–Crippen MR) is 62.7 cm³/mol. The Morgan fingerprint density at radius 2 is 2.43 bits per heavy atom. The molecule has 0 aliphatic carbocycles. The molecule has 1 amide bonds. The van der Waals surface area contributed by atoms with E-state index in [-0.39, 0.29) is 6.04 Å². The summed E-state index contributed by atoms with van der Waals surface area (Å²) in [6.07, 6.45) is 0. The molecule has 14 heavy (non-hydrogen) atoms. The van der Waals surface area contributed by atoms with Crippen LogP contribution in [-0.4, -0.2) is 52.6 Å². The molecule has 2 heterocycles. The smallest absolute Gasteiger partial charge is 0.240 e. The third kappa shape index (κ3) is 2.38. The van der Waals surface area contributed by atoms with E-state index in [1.807, 2.05) is 28.4 Å². The summed E-state index contributed by atoms with van der Waals surface area (Å²) in [5.41, 5.74) is 0. The lowest BCUT2D eigenvalue weighted by atomic mass is 10.2. The summed E-state index contributed by atoms with van der Waals surface area (Å²) < 4.78 is 0. The van der Waals surface area contributed by atoms with Crippen molar-refractivity contribution >= 4 is 29.4 Å². The molecule has 2 aliphatic heterocycles. The van der Waals surface area contributed by atoms with E-state index in [4.69, 9.17) is 0 Å². The zero-order valence-corrected chi connectivity index (χ0v) is 10.00. The van der Waals surface area contributed by atoms with E-state index in [9.17, 15) is 4.79 Å². The fourth-order valence-corrected chi connectivity index (χ4v) is 3.74. The summed E-state index contributed by atoms with van der Waals surface area (Å²) in [6, 6.07) is 0.0790. The second-order valence-electron chi connectivity index (χ2n) is 3.74. The Morgan fingerprint density at radius 3 is 3.07 bits per heavy atom. The van der Waals surface area contributed by atoms with Gasteiger partial charge in [0.25, 0.3) is 0 Å². The lowest BCUT2D eigenvalue weighted by Crippen LogP contribution is -2.49. The molecule has 5 heteroatoms. The lowest BCUT2D eigenvalue weighted by Gasteiger charge is -2.32. The maximum absolute atomic E-state index is 12.0. The molecule has 0 aromatic heterocycles. The Balaban J connectivity index is 1.89. The van der Waals surface area contributed by atoms with Crippen molar-refractivity contribution in [2.24, 2.45) is 0 Å². The van der Waals surface area contributed by atoms with Gasteiger partial charge < -0.3 is 4.90 Å². The molecule has 0 radical (unpaired) electrons. The van der Waals surface area contributed by atoms with E-state index in [1.165, 1.54) is 0 Å². The monoisotopic (exact) mass is 232 g/mol. The van der Waals surface area contributed by atoms with Gasteiger partial charge in [0, 0.05) is 35.7 Å². The predicted octanol–water partition coefficient (Wildman–Crippen LogP) is 0.613. The summed E-state index contributed by atoms with van der Waals surface area (Å²) in [5, 5.41) is 3.83. The molecular formula is C9H16N2OS2. The van der Waals surface area contributed by atoms with Crippen molar-refractivity contribution in [3.63, 3.8) is 0 Å². The molecule has 0 saturated carbocycles. The van der Waals surface area contributed by atoms with Crippen molar-refractivity contribution in [2.45, 2.75) is 18.2 Å². The molecule has 1 N–H and O–H groups in total. The first-order valence-corrected chi connectivity index (χ1v) is 7.19. The van der Waals surface area contributed by atoms with Gasteiger partial charge in [-0.25, -0.2) is 0 Å². The van der Waals surface area contributed by atoms with E-state index in [1.54, 1.807) is 0 Å². The van der Waals surface area contributed by atoms with Crippen molar-refractivity contribution in [3.05, 3.63) is 0 Å². The minimum absolute atomic E-state index is 0.0790. The number of carbonyl (C=O) groups excluding carboxylic acids is 1. The van der Waals surface area contributed by atoms with Gasteiger partial charge in [0.2, 0.25) is 5.91 Å². The lowest BCUT2D eigenvalue weighted by molar-refractivity contribution is -0.132. The Morgan fingerprint density at radius 1 is 1.57 bits per heavy atom. The number of hydrogen-bond donors (Lipinski definition) is 1. The molecular weight excluding hydrogens is 216 g/mol. The largest absolute Gasteiger partial charge is 0.339 e. The standard InChI is InChI=1S/C9H16N2OS2/c1-7-4-11(2-3-14-7)9(12)8-5-13-6-10-8/h7-8,10H,2-6H2,1H3. The SMILES string of the molecule is CC1CN(C(=O)C2CSCN2)CCS1. The van der Waals surface area contributed by atoms with Crippen molar-refractivity contribution in [2.75, 3.05) is 30.5 Å². The van der Waals surface area contributed by atoms with Crippen LogP contribution in [0.4, 0.5) is 0 Å². The number of rotatable bonds is 1. The van der Waals surface area contributed by atoms with Gasteiger partial charge in [0.1, 0.15) is 0 Å². The molecule has 2 atom stereocenters. The molecule has 2 rings (SSSR count). The van der Waals surface area contributed by atoms with Crippen molar-refractivity contribution in [1.82, 2.24) is 10.2 Å². The molecule has 0 spiro atoms. The summed E-state index contributed by atoms with van der Waals surface area (Å²) >= 11 is 3.77. The van der Waals surface area contributed by atoms with Gasteiger partial charge in [-0.15, -0.1) is 11.8 Å². The Bertz CT molecular complexity index is 219. The van der Waals surface area contributed by atoms with Crippen LogP contribution in [0.25, 0.3) is 0 Å². The molecule has 3 nitrogen and oxygen atoms in total. The number of carbonyl (C=O) groups is 1. The Labute approximate surface area is 93.4 Å². The second kappa shape index (κ2) is 4.77. The van der Waals surface area contributed by atoms with Crippen LogP contribution >= 0.6 is 23.5 Å². The third-order valence-corrected chi connectivity index (χ3v) is 4.64. The highest BCUT2D eigenvalue weighted by molar-refractivity contribution is 8.00. The van der Waals surface area contributed by atoms with E-state index in [0.717, 1.165) is 30.5 Å². The van der Waals surface area contributed by atoms with E-state index >= 15 is 0 Å². The number of nitrogens with one attached hydrogen (secondary N) is 1. The first-order chi connectivity index (χ1) is 6.77. The van der Waals surface area contributed by atoms with Crippen molar-refractivity contribution < 1.29 is 4.79 Å².